The molecular formula is C19H37N5O4S. The summed E-state index contributed by atoms with van der Waals surface area (Å²) < 4.78 is 28.4. The first-order valence-electron chi connectivity index (χ1n) is 10.6. The molecule has 0 saturated carbocycles. The van der Waals surface area contributed by atoms with E-state index in [1.165, 1.54) is 0 Å². The zero-order chi connectivity index (χ0) is 21.3. The molecule has 2 unspecified atom stereocenters. The van der Waals surface area contributed by atoms with Gasteiger partial charge in [0.25, 0.3) is 0 Å². The van der Waals surface area contributed by atoms with Crippen molar-refractivity contribution in [3.8, 4) is 0 Å². The standard InChI is InChI=1S/C19H37N5O4S/c1-4-20-19(22-13-17(15(2)3)24-8-10-28-11-9-24)21-7-5-18(25)23-16-6-12-29(26,27)14-16/h15-17H,4-14H2,1-3H3,(H,23,25)(H2,20,21,22). The number of sulfone groups is 1. The quantitative estimate of drug-likeness (QED) is 0.336. The Morgan fingerprint density at radius 3 is 2.55 bits per heavy atom. The molecule has 2 saturated heterocycles. The lowest BCUT2D eigenvalue weighted by atomic mass is 10.0. The van der Waals surface area contributed by atoms with Gasteiger partial charge < -0.3 is 20.7 Å². The van der Waals surface area contributed by atoms with E-state index in [4.69, 9.17) is 9.73 Å². The van der Waals surface area contributed by atoms with Crippen LogP contribution in [0.1, 0.15) is 33.6 Å². The molecule has 2 aliphatic rings. The maximum atomic E-state index is 12.1. The minimum absolute atomic E-state index is 0.0500. The Labute approximate surface area is 175 Å². The molecule has 0 bridgehead atoms. The fourth-order valence-corrected chi connectivity index (χ4v) is 5.36. The van der Waals surface area contributed by atoms with Crippen molar-refractivity contribution < 1.29 is 17.9 Å². The summed E-state index contributed by atoms with van der Waals surface area (Å²) in [6.07, 6.45) is 0.780. The summed E-state index contributed by atoms with van der Waals surface area (Å²) in [5, 5.41) is 9.24. The molecule has 0 aliphatic carbocycles. The van der Waals surface area contributed by atoms with E-state index in [9.17, 15) is 13.2 Å². The molecule has 0 aromatic rings. The summed E-state index contributed by atoms with van der Waals surface area (Å²) in [4.78, 5) is 19.3. The van der Waals surface area contributed by atoms with Gasteiger partial charge >= 0.3 is 0 Å². The molecule has 2 aliphatic heterocycles. The highest BCUT2D eigenvalue weighted by atomic mass is 32.2. The normalized spacial score (nSPS) is 23.7. The molecule has 2 fully saturated rings. The molecule has 3 N–H and O–H groups in total. The predicted octanol–water partition coefficient (Wildman–Crippen LogP) is -0.408. The first-order valence-corrected chi connectivity index (χ1v) is 12.5. The van der Waals surface area contributed by atoms with Crippen LogP contribution >= 0.6 is 0 Å². The zero-order valence-corrected chi connectivity index (χ0v) is 18.8. The topological polar surface area (TPSA) is 112 Å². The number of guanidine groups is 1. The first-order chi connectivity index (χ1) is 13.8. The van der Waals surface area contributed by atoms with Gasteiger partial charge in [-0.3, -0.25) is 14.7 Å². The molecule has 2 rings (SSSR count). The van der Waals surface area contributed by atoms with Gasteiger partial charge in [0.1, 0.15) is 0 Å². The highest BCUT2D eigenvalue weighted by Gasteiger charge is 2.28. The Kier molecular flexibility index (Phi) is 9.64. The number of rotatable bonds is 9. The minimum atomic E-state index is -2.99. The lowest BCUT2D eigenvalue weighted by Crippen LogP contribution is -2.48. The van der Waals surface area contributed by atoms with Crippen molar-refractivity contribution in [1.29, 1.82) is 0 Å². The van der Waals surface area contributed by atoms with E-state index in [0.717, 1.165) is 32.8 Å². The van der Waals surface area contributed by atoms with E-state index in [2.05, 4.69) is 34.7 Å². The van der Waals surface area contributed by atoms with Crippen molar-refractivity contribution in [2.24, 2.45) is 10.9 Å². The monoisotopic (exact) mass is 431 g/mol. The molecule has 0 aromatic carbocycles. The lowest BCUT2D eigenvalue weighted by Gasteiger charge is -2.36. The number of hydrogen-bond donors (Lipinski definition) is 3. The van der Waals surface area contributed by atoms with Gasteiger partial charge in [-0.1, -0.05) is 13.8 Å². The van der Waals surface area contributed by atoms with Gasteiger partial charge in [0.2, 0.25) is 5.91 Å². The maximum Gasteiger partial charge on any atom is 0.222 e. The predicted molar refractivity (Wildman–Crippen MR) is 115 cm³/mol. The van der Waals surface area contributed by atoms with Crippen LogP contribution in [0.4, 0.5) is 0 Å². The molecule has 0 spiro atoms. The molecule has 168 valence electrons. The SMILES string of the molecule is CCNC(=NCC(C(C)C)N1CCOCC1)NCCC(=O)NC1CCS(=O)(=O)C1. The van der Waals surface area contributed by atoms with Crippen LogP contribution in [0.15, 0.2) is 4.99 Å². The first kappa shape index (κ1) is 23.9. The lowest BCUT2D eigenvalue weighted by molar-refractivity contribution is -0.121. The number of hydrogen-bond acceptors (Lipinski definition) is 6. The second kappa shape index (κ2) is 11.7. The van der Waals surface area contributed by atoms with Crippen molar-refractivity contribution in [2.75, 3.05) is 57.4 Å². The van der Waals surface area contributed by atoms with Crippen molar-refractivity contribution in [3.05, 3.63) is 0 Å². The average Bonchev–Trinajstić information content (AvgIpc) is 3.00. The van der Waals surface area contributed by atoms with E-state index < -0.39 is 9.84 Å². The number of aliphatic imine (C=N–C) groups is 1. The Morgan fingerprint density at radius 2 is 1.97 bits per heavy atom. The van der Waals surface area contributed by atoms with E-state index in [1.54, 1.807) is 0 Å². The summed E-state index contributed by atoms with van der Waals surface area (Å²) in [7, 11) is -2.99. The Bertz CT molecular complexity index is 647. The highest BCUT2D eigenvalue weighted by Crippen LogP contribution is 2.13. The van der Waals surface area contributed by atoms with E-state index in [-0.39, 0.29) is 29.9 Å². The fraction of sp³-hybridized carbons (Fsp3) is 0.895. The number of amides is 1. The molecular weight excluding hydrogens is 394 g/mol. The average molecular weight is 432 g/mol. The highest BCUT2D eigenvalue weighted by molar-refractivity contribution is 7.91. The minimum Gasteiger partial charge on any atom is -0.379 e. The van der Waals surface area contributed by atoms with Crippen LogP contribution in [0.5, 0.6) is 0 Å². The third-order valence-electron chi connectivity index (χ3n) is 5.31. The summed E-state index contributed by atoms with van der Waals surface area (Å²) in [5.74, 6) is 1.25. The van der Waals surface area contributed by atoms with Crippen molar-refractivity contribution in [2.45, 2.75) is 45.7 Å². The Balaban J connectivity index is 1.79. The molecule has 1 amide bonds. The van der Waals surface area contributed by atoms with Crippen LogP contribution in [0, 0.1) is 5.92 Å². The van der Waals surface area contributed by atoms with Crippen molar-refractivity contribution in [1.82, 2.24) is 20.9 Å². The number of carbonyl (C=O) groups is 1. The second-order valence-electron chi connectivity index (χ2n) is 8.02. The number of nitrogens with one attached hydrogen (secondary N) is 3. The number of nitrogens with zero attached hydrogens (tertiary/aromatic N) is 2. The van der Waals surface area contributed by atoms with Gasteiger partial charge in [-0.2, -0.15) is 0 Å². The van der Waals surface area contributed by atoms with Gasteiger partial charge in [0.05, 0.1) is 31.3 Å². The van der Waals surface area contributed by atoms with Crippen LogP contribution in [0.2, 0.25) is 0 Å². The molecule has 2 atom stereocenters. The molecule has 10 heteroatoms. The van der Waals surface area contributed by atoms with Gasteiger partial charge in [-0.15, -0.1) is 0 Å². The third kappa shape index (κ3) is 8.47. The molecule has 9 nitrogen and oxygen atoms in total. The number of morpholine rings is 1. The van der Waals surface area contributed by atoms with Crippen LogP contribution in [0.25, 0.3) is 0 Å². The molecule has 29 heavy (non-hydrogen) atoms. The summed E-state index contributed by atoms with van der Waals surface area (Å²) in [6, 6.07) is 0.0942. The molecule has 0 aromatic heterocycles. The second-order valence-corrected chi connectivity index (χ2v) is 10.3. The van der Waals surface area contributed by atoms with Gasteiger partial charge in [0.15, 0.2) is 15.8 Å². The third-order valence-corrected chi connectivity index (χ3v) is 7.07. The number of ether oxygens (including phenoxy) is 1. The van der Waals surface area contributed by atoms with Gasteiger partial charge in [0, 0.05) is 44.7 Å². The maximum absolute atomic E-state index is 12.1. The van der Waals surface area contributed by atoms with E-state index >= 15 is 0 Å². The molecule has 0 radical (unpaired) electrons. The van der Waals surface area contributed by atoms with Crippen molar-refractivity contribution in [3.63, 3.8) is 0 Å². The van der Waals surface area contributed by atoms with Crippen LogP contribution in [-0.2, 0) is 19.4 Å². The Morgan fingerprint density at radius 1 is 1.24 bits per heavy atom. The van der Waals surface area contributed by atoms with E-state index in [0.29, 0.717) is 37.4 Å². The van der Waals surface area contributed by atoms with Gasteiger partial charge in [-0.25, -0.2) is 8.42 Å². The Hall–Kier alpha value is -1.39. The van der Waals surface area contributed by atoms with Gasteiger partial charge in [-0.05, 0) is 19.3 Å². The van der Waals surface area contributed by atoms with Crippen LogP contribution in [0.3, 0.4) is 0 Å². The van der Waals surface area contributed by atoms with Crippen molar-refractivity contribution >= 4 is 21.7 Å². The summed E-state index contributed by atoms with van der Waals surface area (Å²) in [5.41, 5.74) is 0. The molecule has 2 heterocycles. The fourth-order valence-electron chi connectivity index (χ4n) is 3.69. The smallest absolute Gasteiger partial charge is 0.222 e. The summed E-state index contributed by atoms with van der Waals surface area (Å²) in [6.45, 7) is 11.7. The summed E-state index contributed by atoms with van der Waals surface area (Å²) >= 11 is 0. The van der Waals surface area contributed by atoms with Crippen LogP contribution in [-0.4, -0.2) is 94.7 Å². The van der Waals surface area contributed by atoms with Crippen LogP contribution < -0.4 is 16.0 Å². The zero-order valence-electron chi connectivity index (χ0n) is 17.9. The number of carbonyl (C=O) groups excluding carboxylic acids is 1. The van der Waals surface area contributed by atoms with E-state index in [1.807, 2.05) is 6.92 Å². The largest absolute Gasteiger partial charge is 0.379 e.